The molecule has 1 aromatic carbocycles. The Labute approximate surface area is 231 Å². The van der Waals surface area contributed by atoms with Crippen molar-refractivity contribution < 1.29 is 34.8 Å². The third-order valence-electron chi connectivity index (χ3n) is 9.02. The van der Waals surface area contributed by atoms with Crippen LogP contribution in [0.15, 0.2) is 53.1 Å². The number of nitrogens with two attached hydrogens (primary N) is 1. The zero-order valence-corrected chi connectivity index (χ0v) is 23.1. The van der Waals surface area contributed by atoms with Gasteiger partial charge in [-0.15, -0.1) is 0 Å². The smallest absolute Gasteiger partial charge is 0.255 e. The van der Waals surface area contributed by atoms with Crippen LogP contribution in [0.5, 0.6) is 5.75 Å². The highest BCUT2D eigenvalue weighted by Gasteiger charge is 2.71. The van der Waals surface area contributed by atoms with Crippen molar-refractivity contribution >= 4 is 17.5 Å². The number of primary amides is 1. The highest BCUT2D eigenvalue weighted by molar-refractivity contribution is 6.25. The Balaban J connectivity index is 1.81. The van der Waals surface area contributed by atoms with Crippen LogP contribution in [0, 0.1) is 10.8 Å². The van der Waals surface area contributed by atoms with Crippen molar-refractivity contribution in [2.24, 2.45) is 16.6 Å². The summed E-state index contributed by atoms with van der Waals surface area (Å²) in [6, 6.07) is 5.78. The van der Waals surface area contributed by atoms with Gasteiger partial charge in [0.2, 0.25) is 5.78 Å². The maximum atomic E-state index is 14.1. The van der Waals surface area contributed by atoms with Gasteiger partial charge in [0.25, 0.3) is 5.91 Å². The molecule has 0 saturated carbocycles. The van der Waals surface area contributed by atoms with Crippen LogP contribution in [0.1, 0.15) is 48.7 Å². The number of benzene rings is 1. The van der Waals surface area contributed by atoms with Crippen molar-refractivity contribution in [3.63, 3.8) is 0 Å². The van der Waals surface area contributed by atoms with Gasteiger partial charge in [0, 0.05) is 28.2 Å². The molecule has 6 N–H and O–H groups in total. The predicted molar refractivity (Wildman–Crippen MR) is 146 cm³/mol. The minimum Gasteiger partial charge on any atom is -0.510 e. The lowest BCUT2D eigenvalue weighted by molar-refractivity contribution is -0.169. The lowest BCUT2D eigenvalue weighted by atomic mass is 9.47. The van der Waals surface area contributed by atoms with Gasteiger partial charge in [-0.3, -0.25) is 24.3 Å². The first-order valence-electron chi connectivity index (χ1n) is 13.1. The summed E-state index contributed by atoms with van der Waals surface area (Å²) in [4.78, 5) is 46.1. The maximum absolute atomic E-state index is 14.1. The number of aromatic hydroxyl groups is 1. The third-order valence-corrected chi connectivity index (χ3v) is 9.02. The van der Waals surface area contributed by atoms with Gasteiger partial charge in [0.1, 0.15) is 22.8 Å². The molecule has 0 unspecified atom stereocenters. The van der Waals surface area contributed by atoms with E-state index in [0.717, 1.165) is 12.0 Å². The number of aromatic nitrogens is 1. The molecule has 0 bridgehead atoms. The molecule has 4 atom stereocenters. The van der Waals surface area contributed by atoms with Crippen molar-refractivity contribution in [1.82, 2.24) is 9.88 Å². The predicted octanol–water partition coefficient (Wildman–Crippen LogP) is 2.53. The molecule has 1 aromatic heterocycles. The fourth-order valence-electron chi connectivity index (χ4n) is 7.42. The first-order chi connectivity index (χ1) is 18.6. The average molecular weight is 548 g/mol. The van der Waals surface area contributed by atoms with Crippen LogP contribution in [0.3, 0.4) is 0 Å². The summed E-state index contributed by atoms with van der Waals surface area (Å²) in [6.45, 7) is 5.30. The second-order valence-corrected chi connectivity index (χ2v) is 11.8. The summed E-state index contributed by atoms with van der Waals surface area (Å²) in [6.07, 6.45) is 2.57. The fourth-order valence-corrected chi connectivity index (χ4v) is 7.42. The number of allylic oxidation sites excluding steroid dienone is 1. The number of amides is 1. The van der Waals surface area contributed by atoms with Crippen LogP contribution in [0.2, 0.25) is 0 Å². The number of aryl methyl sites for hydroxylation is 1. The fraction of sp³-hybridized carbons (Fsp3) is 0.400. The zero-order chi connectivity index (χ0) is 29.5. The number of ketones is 2. The SMILES string of the molecule is CCc1ccnc(-c2ccc(O)c3c2C[C@@]2(C)C[C@@]4(C)[C@H](N(C)C)C(O)=C(C(N)=O)C(=O)[C@@]4(O)C(O)=C2C3=O)c1. The number of Topliss-reactive ketones (excluding diaryl/α,β-unsaturated/α-hetero) is 2. The number of carbonyl (C=O) groups excluding carboxylic acids is 3. The van der Waals surface area contributed by atoms with E-state index < -0.39 is 57.0 Å². The van der Waals surface area contributed by atoms with E-state index in [2.05, 4.69) is 4.98 Å². The van der Waals surface area contributed by atoms with Gasteiger partial charge < -0.3 is 26.2 Å². The van der Waals surface area contributed by atoms with Gasteiger partial charge in [0.05, 0.1) is 17.3 Å². The van der Waals surface area contributed by atoms with E-state index in [1.165, 1.54) is 17.9 Å². The number of aliphatic hydroxyl groups excluding tert-OH is 2. The number of hydrogen-bond acceptors (Lipinski definition) is 9. The summed E-state index contributed by atoms with van der Waals surface area (Å²) >= 11 is 0. The van der Waals surface area contributed by atoms with Gasteiger partial charge in [0.15, 0.2) is 11.4 Å². The Morgan fingerprint density at radius 3 is 2.42 bits per heavy atom. The molecular formula is C30H33N3O7. The average Bonchev–Trinajstić information content (AvgIpc) is 2.86. The lowest BCUT2D eigenvalue weighted by Gasteiger charge is -2.59. The highest BCUT2D eigenvalue weighted by atomic mass is 16.4. The molecule has 2 aromatic rings. The third kappa shape index (κ3) is 3.35. The molecule has 10 heteroatoms. The van der Waals surface area contributed by atoms with Crippen molar-refractivity contribution in [1.29, 1.82) is 0 Å². The zero-order valence-electron chi connectivity index (χ0n) is 23.1. The van der Waals surface area contributed by atoms with Crippen molar-refractivity contribution in [3.8, 4) is 17.0 Å². The van der Waals surface area contributed by atoms with Gasteiger partial charge in [-0.1, -0.05) is 20.8 Å². The molecule has 40 heavy (non-hydrogen) atoms. The molecule has 10 nitrogen and oxygen atoms in total. The number of likely N-dealkylation sites (N-methyl/N-ethyl adjacent to an activating group) is 1. The van der Waals surface area contributed by atoms with E-state index in [0.29, 0.717) is 16.8 Å². The van der Waals surface area contributed by atoms with Gasteiger partial charge in [-0.05, 0) is 68.8 Å². The van der Waals surface area contributed by atoms with E-state index in [-0.39, 0.29) is 29.7 Å². The minimum absolute atomic E-state index is 0.0384. The number of phenolic OH excluding ortho intramolecular Hbond substituents is 1. The van der Waals surface area contributed by atoms with Gasteiger partial charge >= 0.3 is 0 Å². The summed E-state index contributed by atoms with van der Waals surface area (Å²) in [7, 11) is 3.20. The molecule has 3 aliphatic rings. The number of hydrogen-bond donors (Lipinski definition) is 5. The Bertz CT molecular complexity index is 1570. The lowest BCUT2D eigenvalue weighted by Crippen LogP contribution is -2.70. The summed E-state index contributed by atoms with van der Waals surface area (Å²) < 4.78 is 0. The number of pyridine rings is 1. The van der Waals surface area contributed by atoms with E-state index in [9.17, 15) is 34.8 Å². The Morgan fingerprint density at radius 2 is 1.82 bits per heavy atom. The van der Waals surface area contributed by atoms with Crippen LogP contribution >= 0.6 is 0 Å². The number of nitrogens with zero attached hydrogens (tertiary/aromatic N) is 2. The van der Waals surface area contributed by atoms with Crippen LogP contribution in [-0.2, 0) is 22.4 Å². The van der Waals surface area contributed by atoms with Crippen LogP contribution in [-0.4, -0.2) is 73.5 Å². The summed E-state index contributed by atoms with van der Waals surface area (Å²) in [5.74, 6) is -5.09. The quantitative estimate of drug-likeness (QED) is 0.360. The standard InChI is InChI=1S/C30H33N3O7/c1-6-14-9-10-32-17(11-14)15-7-8-18(34)19-16(15)12-28(2)13-29(3)24(33(4)5)23(36)20(27(31)39)25(37)30(29,40)26(38)21(28)22(19)35/h7-11,24,34,36,38,40H,6,12-13H2,1-5H3,(H2,31,39)/t24-,28+,29+,30-/m1/s1. The molecule has 0 aliphatic heterocycles. The molecular weight excluding hydrogens is 514 g/mol. The van der Waals surface area contributed by atoms with E-state index in [4.69, 9.17) is 5.73 Å². The van der Waals surface area contributed by atoms with Crippen molar-refractivity contribution in [2.45, 2.75) is 51.7 Å². The second-order valence-electron chi connectivity index (χ2n) is 11.8. The van der Waals surface area contributed by atoms with Crippen LogP contribution in [0.25, 0.3) is 11.3 Å². The molecule has 0 radical (unpaired) electrons. The molecule has 1 heterocycles. The highest BCUT2D eigenvalue weighted by Crippen LogP contribution is 2.63. The summed E-state index contributed by atoms with van der Waals surface area (Å²) in [5.41, 5.74) is 1.68. The second kappa shape index (κ2) is 8.74. The Morgan fingerprint density at radius 1 is 1.15 bits per heavy atom. The molecule has 0 fully saturated rings. The Kier molecular flexibility index (Phi) is 6.02. The number of fused-ring (bicyclic) bond motifs is 3. The maximum Gasteiger partial charge on any atom is 0.255 e. The van der Waals surface area contributed by atoms with E-state index in [1.807, 2.05) is 19.1 Å². The molecule has 1 amide bonds. The minimum atomic E-state index is -2.75. The number of phenols is 1. The Hall–Kier alpha value is -4.02. The van der Waals surface area contributed by atoms with Crippen LogP contribution in [0.4, 0.5) is 0 Å². The topological polar surface area (TPSA) is 174 Å². The summed E-state index contributed by atoms with van der Waals surface area (Å²) in [5, 5.41) is 45.7. The van der Waals surface area contributed by atoms with E-state index >= 15 is 0 Å². The first kappa shape index (κ1) is 27.5. The van der Waals surface area contributed by atoms with Crippen molar-refractivity contribution in [3.05, 3.63) is 69.8 Å². The van der Waals surface area contributed by atoms with E-state index in [1.54, 1.807) is 33.3 Å². The molecule has 210 valence electrons. The van der Waals surface area contributed by atoms with Crippen molar-refractivity contribution in [2.75, 3.05) is 14.1 Å². The normalized spacial score (nSPS) is 29.8. The van der Waals surface area contributed by atoms with Gasteiger partial charge in [-0.25, -0.2) is 0 Å². The monoisotopic (exact) mass is 547 g/mol. The molecule has 0 saturated heterocycles. The largest absolute Gasteiger partial charge is 0.510 e. The number of aliphatic hydroxyl groups is 3. The molecule has 3 aliphatic carbocycles. The number of rotatable bonds is 4. The number of carbonyl (C=O) groups is 3. The molecule has 5 rings (SSSR count). The van der Waals surface area contributed by atoms with Gasteiger partial charge in [-0.2, -0.15) is 0 Å². The van der Waals surface area contributed by atoms with Crippen LogP contribution < -0.4 is 5.73 Å². The molecule has 0 spiro atoms. The first-order valence-corrected chi connectivity index (χ1v) is 13.1.